The van der Waals surface area contributed by atoms with Gasteiger partial charge in [-0.1, -0.05) is 19.1 Å². The molecule has 1 aliphatic heterocycles. The number of rotatable bonds is 6. The Kier molecular flexibility index (Phi) is 5.36. The molecule has 5 nitrogen and oxygen atoms in total. The third kappa shape index (κ3) is 4.04. The fraction of sp³-hybridized carbons (Fsp3) is 0.533. The molecular formula is C15H22N2O3S. The van der Waals surface area contributed by atoms with E-state index in [1.54, 1.807) is 25.1 Å². The van der Waals surface area contributed by atoms with Gasteiger partial charge in [-0.2, -0.15) is 0 Å². The summed E-state index contributed by atoms with van der Waals surface area (Å²) < 4.78 is 24.0. The van der Waals surface area contributed by atoms with Crippen LogP contribution in [0.3, 0.4) is 0 Å². The van der Waals surface area contributed by atoms with Crippen molar-refractivity contribution in [1.29, 1.82) is 0 Å². The van der Waals surface area contributed by atoms with Crippen molar-refractivity contribution in [3.05, 3.63) is 29.8 Å². The van der Waals surface area contributed by atoms with Gasteiger partial charge in [0.2, 0.25) is 0 Å². The molecule has 116 valence electrons. The van der Waals surface area contributed by atoms with Crippen LogP contribution >= 0.6 is 0 Å². The van der Waals surface area contributed by atoms with Crippen LogP contribution in [0, 0.1) is 5.92 Å². The van der Waals surface area contributed by atoms with E-state index in [0.717, 1.165) is 25.9 Å². The second-order valence-electron chi connectivity index (χ2n) is 5.30. The van der Waals surface area contributed by atoms with Crippen molar-refractivity contribution in [2.75, 3.05) is 25.4 Å². The lowest BCUT2D eigenvalue weighted by atomic mass is 10.1. The molecule has 1 aromatic rings. The molecule has 1 aromatic carbocycles. The summed E-state index contributed by atoms with van der Waals surface area (Å²) in [4.78, 5) is 12.3. The normalized spacial score (nSPS) is 18.6. The summed E-state index contributed by atoms with van der Waals surface area (Å²) in [7, 11) is -3.39. The van der Waals surface area contributed by atoms with Crippen LogP contribution in [-0.2, 0) is 9.84 Å². The number of nitrogens with one attached hydrogen (secondary N) is 2. The van der Waals surface area contributed by atoms with Crippen LogP contribution in [0.25, 0.3) is 0 Å². The number of carbonyl (C=O) groups excluding carboxylic acids is 1. The van der Waals surface area contributed by atoms with Crippen molar-refractivity contribution in [3.8, 4) is 0 Å². The lowest BCUT2D eigenvalue weighted by Gasteiger charge is -2.12. The maximum Gasteiger partial charge on any atom is 0.252 e. The molecule has 0 spiro atoms. The largest absolute Gasteiger partial charge is 0.352 e. The van der Waals surface area contributed by atoms with Gasteiger partial charge in [-0.15, -0.1) is 0 Å². The SMILES string of the molecule is CCS(=O)(=O)c1ccccc1C(=O)NCCC1CCNC1. The zero-order chi connectivity index (χ0) is 15.3. The summed E-state index contributed by atoms with van der Waals surface area (Å²) in [5.41, 5.74) is 0.240. The van der Waals surface area contributed by atoms with E-state index in [4.69, 9.17) is 0 Å². The Hall–Kier alpha value is -1.40. The molecule has 0 saturated carbocycles. The summed E-state index contributed by atoms with van der Waals surface area (Å²) in [5, 5.41) is 6.12. The molecule has 1 saturated heterocycles. The van der Waals surface area contributed by atoms with Gasteiger partial charge in [0.25, 0.3) is 5.91 Å². The van der Waals surface area contributed by atoms with E-state index in [-0.39, 0.29) is 22.1 Å². The Morgan fingerprint density at radius 3 is 2.81 bits per heavy atom. The highest BCUT2D eigenvalue weighted by Crippen LogP contribution is 2.17. The first-order valence-corrected chi connectivity index (χ1v) is 9.00. The van der Waals surface area contributed by atoms with Crippen LogP contribution in [0.5, 0.6) is 0 Å². The maximum absolute atomic E-state index is 12.2. The summed E-state index contributed by atoms with van der Waals surface area (Å²) >= 11 is 0. The minimum Gasteiger partial charge on any atom is -0.352 e. The van der Waals surface area contributed by atoms with Crippen LogP contribution in [-0.4, -0.2) is 39.7 Å². The van der Waals surface area contributed by atoms with Gasteiger partial charge < -0.3 is 10.6 Å². The molecule has 1 aliphatic rings. The minimum atomic E-state index is -3.39. The molecule has 1 atom stereocenters. The Labute approximate surface area is 126 Å². The number of carbonyl (C=O) groups is 1. The monoisotopic (exact) mass is 310 g/mol. The van der Waals surface area contributed by atoms with Gasteiger partial charge in [-0.3, -0.25) is 4.79 Å². The zero-order valence-corrected chi connectivity index (χ0v) is 13.1. The molecular weight excluding hydrogens is 288 g/mol. The van der Waals surface area contributed by atoms with Gasteiger partial charge in [0.05, 0.1) is 16.2 Å². The summed E-state index contributed by atoms with van der Waals surface area (Å²) in [6.07, 6.45) is 2.05. The molecule has 1 unspecified atom stereocenters. The molecule has 6 heteroatoms. The van der Waals surface area contributed by atoms with Crippen molar-refractivity contribution >= 4 is 15.7 Å². The Balaban J connectivity index is 2.02. The van der Waals surface area contributed by atoms with Gasteiger partial charge in [0, 0.05) is 6.54 Å². The summed E-state index contributed by atoms with van der Waals surface area (Å²) in [6.45, 7) is 4.19. The highest BCUT2D eigenvalue weighted by atomic mass is 32.2. The second-order valence-corrected chi connectivity index (χ2v) is 7.55. The van der Waals surface area contributed by atoms with Crippen LogP contribution in [0.2, 0.25) is 0 Å². The van der Waals surface area contributed by atoms with Crippen LogP contribution in [0.15, 0.2) is 29.2 Å². The van der Waals surface area contributed by atoms with Gasteiger partial charge in [0.15, 0.2) is 9.84 Å². The van der Waals surface area contributed by atoms with Crippen molar-refractivity contribution in [2.45, 2.75) is 24.7 Å². The van der Waals surface area contributed by atoms with Crippen LogP contribution in [0.4, 0.5) is 0 Å². The molecule has 0 radical (unpaired) electrons. The second kappa shape index (κ2) is 7.04. The predicted octanol–water partition coefficient (Wildman–Crippen LogP) is 1.21. The quantitative estimate of drug-likeness (QED) is 0.828. The number of amides is 1. The third-order valence-electron chi connectivity index (χ3n) is 3.85. The smallest absolute Gasteiger partial charge is 0.252 e. The van der Waals surface area contributed by atoms with Gasteiger partial charge >= 0.3 is 0 Å². The van der Waals surface area contributed by atoms with Gasteiger partial charge in [-0.05, 0) is 44.0 Å². The third-order valence-corrected chi connectivity index (χ3v) is 5.63. The number of sulfone groups is 1. The highest BCUT2D eigenvalue weighted by Gasteiger charge is 2.20. The molecule has 21 heavy (non-hydrogen) atoms. The average molecular weight is 310 g/mol. The predicted molar refractivity (Wildman–Crippen MR) is 82.1 cm³/mol. The lowest BCUT2D eigenvalue weighted by Crippen LogP contribution is -2.28. The topological polar surface area (TPSA) is 75.3 Å². The Morgan fingerprint density at radius 1 is 1.38 bits per heavy atom. The van der Waals surface area contributed by atoms with Gasteiger partial charge in [-0.25, -0.2) is 8.42 Å². The Bertz CT molecular complexity index is 593. The van der Waals surface area contributed by atoms with E-state index in [9.17, 15) is 13.2 Å². The first-order chi connectivity index (χ1) is 10.0. The molecule has 1 heterocycles. The van der Waals surface area contributed by atoms with E-state index in [1.807, 2.05) is 0 Å². The fourth-order valence-electron chi connectivity index (χ4n) is 2.53. The van der Waals surface area contributed by atoms with Crippen molar-refractivity contribution in [2.24, 2.45) is 5.92 Å². The number of hydrogen-bond donors (Lipinski definition) is 2. The maximum atomic E-state index is 12.2. The molecule has 1 fully saturated rings. The number of hydrogen-bond acceptors (Lipinski definition) is 4. The lowest BCUT2D eigenvalue weighted by molar-refractivity contribution is 0.0948. The first kappa shape index (κ1) is 16.0. The van der Waals surface area contributed by atoms with Crippen LogP contribution < -0.4 is 10.6 Å². The van der Waals surface area contributed by atoms with Crippen molar-refractivity contribution in [3.63, 3.8) is 0 Å². The molecule has 0 aliphatic carbocycles. The van der Waals surface area contributed by atoms with Crippen molar-refractivity contribution in [1.82, 2.24) is 10.6 Å². The van der Waals surface area contributed by atoms with Crippen LogP contribution in [0.1, 0.15) is 30.1 Å². The van der Waals surface area contributed by atoms with E-state index >= 15 is 0 Å². The molecule has 0 aromatic heterocycles. The fourth-order valence-corrected chi connectivity index (χ4v) is 3.62. The van der Waals surface area contributed by atoms with E-state index in [2.05, 4.69) is 10.6 Å². The molecule has 0 bridgehead atoms. The standard InChI is InChI=1S/C15H22N2O3S/c1-2-21(19,20)14-6-4-3-5-13(14)15(18)17-10-8-12-7-9-16-11-12/h3-6,12,16H,2,7-11H2,1H3,(H,17,18). The van der Waals surface area contributed by atoms with E-state index in [0.29, 0.717) is 12.5 Å². The van der Waals surface area contributed by atoms with Crippen molar-refractivity contribution < 1.29 is 13.2 Å². The van der Waals surface area contributed by atoms with E-state index < -0.39 is 9.84 Å². The van der Waals surface area contributed by atoms with Gasteiger partial charge in [0.1, 0.15) is 0 Å². The summed E-state index contributed by atoms with van der Waals surface area (Å²) in [5.74, 6) is 0.277. The first-order valence-electron chi connectivity index (χ1n) is 7.35. The average Bonchev–Trinajstić information content (AvgIpc) is 3.00. The Morgan fingerprint density at radius 2 is 2.14 bits per heavy atom. The zero-order valence-electron chi connectivity index (χ0n) is 12.3. The number of benzene rings is 1. The molecule has 2 rings (SSSR count). The summed E-state index contributed by atoms with van der Waals surface area (Å²) in [6, 6.07) is 6.39. The molecule has 2 N–H and O–H groups in total. The highest BCUT2D eigenvalue weighted by molar-refractivity contribution is 7.91. The molecule has 1 amide bonds. The minimum absolute atomic E-state index is 0.00889. The van der Waals surface area contributed by atoms with E-state index in [1.165, 1.54) is 6.07 Å².